The van der Waals surface area contributed by atoms with Gasteiger partial charge in [-0.3, -0.25) is 4.79 Å². The van der Waals surface area contributed by atoms with Gasteiger partial charge in [0, 0.05) is 17.4 Å². The van der Waals surface area contributed by atoms with E-state index in [1.807, 2.05) is 36.6 Å². The Morgan fingerprint density at radius 3 is 2.80 bits per heavy atom. The van der Waals surface area contributed by atoms with E-state index in [9.17, 15) is 4.79 Å². The number of ether oxygens (including phenoxy) is 1. The summed E-state index contributed by atoms with van der Waals surface area (Å²) in [6.45, 7) is 1.93. The van der Waals surface area contributed by atoms with Crippen LogP contribution in [0.2, 0.25) is 0 Å². The van der Waals surface area contributed by atoms with Gasteiger partial charge in [0.15, 0.2) is 5.13 Å². The highest BCUT2D eigenvalue weighted by Crippen LogP contribution is 2.26. The highest BCUT2D eigenvalue weighted by Gasteiger charge is 2.11. The number of carbonyl (C=O) groups excluding carboxylic acids is 1. The predicted octanol–water partition coefficient (Wildman–Crippen LogP) is 3.49. The molecule has 0 aliphatic carbocycles. The van der Waals surface area contributed by atoms with E-state index in [0.29, 0.717) is 22.7 Å². The highest BCUT2D eigenvalue weighted by molar-refractivity contribution is 7.99. The van der Waals surface area contributed by atoms with Gasteiger partial charge in [0.1, 0.15) is 5.75 Å². The number of hydrogen-bond donors (Lipinski definition) is 1. The van der Waals surface area contributed by atoms with E-state index in [2.05, 4.69) is 20.5 Å². The zero-order chi connectivity index (χ0) is 17.6. The van der Waals surface area contributed by atoms with Crippen molar-refractivity contribution >= 4 is 34.1 Å². The summed E-state index contributed by atoms with van der Waals surface area (Å²) in [5, 5.41) is 13.3. The zero-order valence-electron chi connectivity index (χ0n) is 13.7. The number of amides is 1. The molecule has 2 heterocycles. The lowest BCUT2D eigenvalue weighted by Gasteiger charge is -2.01. The fourth-order valence-corrected chi connectivity index (χ4v) is 3.26. The van der Waals surface area contributed by atoms with Crippen LogP contribution in [0.15, 0.2) is 39.3 Å². The van der Waals surface area contributed by atoms with Crippen molar-refractivity contribution in [3.63, 3.8) is 0 Å². The molecule has 9 heteroatoms. The Balaban J connectivity index is 1.55. The lowest BCUT2D eigenvalue weighted by molar-refractivity contribution is -0.113. The first kappa shape index (κ1) is 17.4. The Bertz CT molecular complexity index is 845. The van der Waals surface area contributed by atoms with Crippen molar-refractivity contribution in [2.75, 3.05) is 18.2 Å². The molecule has 0 radical (unpaired) electrons. The predicted molar refractivity (Wildman–Crippen MR) is 97.1 cm³/mol. The third kappa shape index (κ3) is 4.58. The van der Waals surface area contributed by atoms with E-state index < -0.39 is 0 Å². The minimum atomic E-state index is -0.170. The fourth-order valence-electron chi connectivity index (χ4n) is 1.95. The number of aryl methyl sites for hydroxylation is 1. The standard InChI is InChI=1S/C16H16N4O3S2/c1-3-14-19-20-16(23-14)25-9-13(21)18-15-17-12(8-24-15)10-4-6-11(22-2)7-5-10/h4-8H,3,9H2,1-2H3,(H,17,18,21). The summed E-state index contributed by atoms with van der Waals surface area (Å²) in [6.07, 6.45) is 0.674. The smallest absolute Gasteiger partial charge is 0.277 e. The number of nitrogens with one attached hydrogen (secondary N) is 1. The molecule has 0 fully saturated rings. The van der Waals surface area contributed by atoms with Crippen molar-refractivity contribution in [3.05, 3.63) is 35.5 Å². The number of rotatable bonds is 7. The molecule has 1 amide bonds. The first-order valence-electron chi connectivity index (χ1n) is 7.53. The number of carbonyl (C=O) groups is 1. The van der Waals surface area contributed by atoms with E-state index in [1.165, 1.54) is 23.1 Å². The van der Waals surface area contributed by atoms with Crippen LogP contribution in [-0.4, -0.2) is 34.0 Å². The third-order valence-corrected chi connectivity index (χ3v) is 4.79. The average Bonchev–Trinajstić information content (AvgIpc) is 3.29. The Hall–Kier alpha value is -2.39. The van der Waals surface area contributed by atoms with Gasteiger partial charge in [0.05, 0.1) is 18.6 Å². The van der Waals surface area contributed by atoms with Crippen LogP contribution in [0.5, 0.6) is 5.75 Å². The van der Waals surface area contributed by atoms with Gasteiger partial charge < -0.3 is 14.5 Å². The van der Waals surface area contributed by atoms with Gasteiger partial charge >= 0.3 is 0 Å². The molecule has 7 nitrogen and oxygen atoms in total. The zero-order valence-corrected chi connectivity index (χ0v) is 15.3. The van der Waals surface area contributed by atoms with E-state index in [0.717, 1.165) is 17.0 Å². The number of benzene rings is 1. The maximum Gasteiger partial charge on any atom is 0.277 e. The van der Waals surface area contributed by atoms with Crippen molar-refractivity contribution in [1.29, 1.82) is 0 Å². The molecular formula is C16H16N4O3S2. The molecular weight excluding hydrogens is 360 g/mol. The van der Waals surface area contributed by atoms with Gasteiger partial charge in [-0.2, -0.15) is 0 Å². The van der Waals surface area contributed by atoms with Crippen LogP contribution in [0.4, 0.5) is 5.13 Å². The molecule has 0 unspecified atom stereocenters. The number of thioether (sulfide) groups is 1. The molecule has 0 saturated heterocycles. The van der Waals surface area contributed by atoms with Gasteiger partial charge in [0.25, 0.3) is 5.22 Å². The van der Waals surface area contributed by atoms with Crippen molar-refractivity contribution < 1.29 is 13.9 Å². The van der Waals surface area contributed by atoms with Gasteiger partial charge in [-0.15, -0.1) is 21.5 Å². The van der Waals surface area contributed by atoms with E-state index in [-0.39, 0.29) is 11.7 Å². The van der Waals surface area contributed by atoms with Crippen LogP contribution < -0.4 is 10.1 Å². The second-order valence-electron chi connectivity index (χ2n) is 4.92. The molecule has 2 aromatic heterocycles. The molecule has 0 atom stereocenters. The largest absolute Gasteiger partial charge is 0.497 e. The molecule has 3 rings (SSSR count). The number of aromatic nitrogens is 3. The Kier molecular flexibility index (Phi) is 5.67. The normalized spacial score (nSPS) is 10.6. The van der Waals surface area contributed by atoms with Gasteiger partial charge in [-0.1, -0.05) is 18.7 Å². The number of hydrogen-bond acceptors (Lipinski definition) is 8. The molecule has 0 spiro atoms. The van der Waals surface area contributed by atoms with E-state index in [4.69, 9.17) is 9.15 Å². The van der Waals surface area contributed by atoms with E-state index >= 15 is 0 Å². The van der Waals surface area contributed by atoms with Crippen LogP contribution in [0.25, 0.3) is 11.3 Å². The lowest BCUT2D eigenvalue weighted by atomic mass is 10.2. The van der Waals surface area contributed by atoms with Crippen molar-refractivity contribution in [2.24, 2.45) is 0 Å². The Morgan fingerprint density at radius 1 is 1.32 bits per heavy atom. The van der Waals surface area contributed by atoms with Crippen LogP contribution >= 0.6 is 23.1 Å². The highest BCUT2D eigenvalue weighted by atomic mass is 32.2. The fraction of sp³-hybridized carbons (Fsp3) is 0.250. The Labute approximate surface area is 152 Å². The minimum Gasteiger partial charge on any atom is -0.497 e. The summed E-state index contributed by atoms with van der Waals surface area (Å²) < 4.78 is 10.5. The second-order valence-corrected chi connectivity index (χ2v) is 6.70. The summed E-state index contributed by atoms with van der Waals surface area (Å²) in [7, 11) is 1.63. The summed E-state index contributed by atoms with van der Waals surface area (Å²) >= 11 is 2.58. The number of anilines is 1. The maximum absolute atomic E-state index is 12.0. The molecule has 130 valence electrons. The Morgan fingerprint density at radius 2 is 2.12 bits per heavy atom. The first-order valence-corrected chi connectivity index (χ1v) is 9.39. The maximum atomic E-state index is 12.0. The molecule has 25 heavy (non-hydrogen) atoms. The van der Waals surface area contributed by atoms with Crippen molar-refractivity contribution in [3.8, 4) is 17.0 Å². The summed E-state index contributed by atoms with van der Waals surface area (Å²) in [5.74, 6) is 1.36. The first-order chi connectivity index (χ1) is 12.2. The number of methoxy groups -OCH3 is 1. The third-order valence-electron chi connectivity index (χ3n) is 3.21. The number of nitrogens with zero attached hydrogens (tertiary/aromatic N) is 3. The summed E-state index contributed by atoms with van der Waals surface area (Å²) in [4.78, 5) is 16.5. The second kappa shape index (κ2) is 8.13. The quantitative estimate of drug-likeness (QED) is 0.631. The lowest BCUT2D eigenvalue weighted by Crippen LogP contribution is -2.13. The van der Waals surface area contributed by atoms with Crippen LogP contribution in [-0.2, 0) is 11.2 Å². The summed E-state index contributed by atoms with van der Waals surface area (Å²) in [5.41, 5.74) is 1.77. The van der Waals surface area contributed by atoms with Crippen LogP contribution in [0, 0.1) is 0 Å². The van der Waals surface area contributed by atoms with Gasteiger partial charge in [-0.25, -0.2) is 4.98 Å². The SMILES string of the molecule is CCc1nnc(SCC(=O)Nc2nc(-c3ccc(OC)cc3)cs2)o1. The summed E-state index contributed by atoms with van der Waals surface area (Å²) in [6, 6.07) is 7.60. The molecule has 0 bridgehead atoms. The van der Waals surface area contributed by atoms with Crippen LogP contribution in [0.3, 0.4) is 0 Å². The molecule has 3 aromatic rings. The number of thiazole rings is 1. The van der Waals surface area contributed by atoms with Gasteiger partial charge in [0.2, 0.25) is 11.8 Å². The molecule has 0 aliphatic rings. The monoisotopic (exact) mass is 376 g/mol. The molecule has 0 aliphatic heterocycles. The van der Waals surface area contributed by atoms with Crippen molar-refractivity contribution in [2.45, 2.75) is 18.6 Å². The molecule has 1 N–H and O–H groups in total. The van der Waals surface area contributed by atoms with E-state index in [1.54, 1.807) is 7.11 Å². The van der Waals surface area contributed by atoms with Gasteiger partial charge in [-0.05, 0) is 24.3 Å². The molecule has 1 aromatic carbocycles. The minimum absolute atomic E-state index is 0.170. The topological polar surface area (TPSA) is 90.1 Å². The van der Waals surface area contributed by atoms with Crippen LogP contribution in [0.1, 0.15) is 12.8 Å². The average molecular weight is 376 g/mol. The molecule has 0 saturated carbocycles. The van der Waals surface area contributed by atoms with Crippen molar-refractivity contribution in [1.82, 2.24) is 15.2 Å².